The molecule has 0 aromatic heterocycles. The fourth-order valence-corrected chi connectivity index (χ4v) is 2.66. The van der Waals surface area contributed by atoms with E-state index in [-0.39, 0.29) is 5.91 Å². The Morgan fingerprint density at radius 2 is 2.05 bits per heavy atom. The molecule has 0 aliphatic carbocycles. The Kier molecular flexibility index (Phi) is 3.83. The van der Waals surface area contributed by atoms with Crippen molar-refractivity contribution in [2.45, 2.75) is 12.5 Å². The number of ether oxygens (including phenoxy) is 1. The number of hydrogen-bond acceptors (Lipinski definition) is 3. The minimum absolute atomic E-state index is 0.0546. The lowest BCUT2D eigenvalue weighted by molar-refractivity contribution is -0.126. The Hall–Kier alpha value is -2.75. The molecule has 4 nitrogen and oxygen atoms in total. The first-order valence-electron chi connectivity index (χ1n) is 7.21. The maximum Gasteiger partial charge on any atom is 0.268 e. The van der Waals surface area contributed by atoms with E-state index < -0.39 is 6.10 Å². The van der Waals surface area contributed by atoms with Crippen LogP contribution in [0.3, 0.4) is 0 Å². The highest BCUT2D eigenvalue weighted by Gasteiger charge is 2.33. The fourth-order valence-electron chi connectivity index (χ4n) is 2.66. The number of rotatable bonds is 4. The molecule has 0 saturated heterocycles. The summed E-state index contributed by atoms with van der Waals surface area (Å²) in [4.78, 5) is 14.4. The van der Waals surface area contributed by atoms with Crippen molar-refractivity contribution in [3.8, 4) is 5.75 Å². The Balaban J connectivity index is 1.90. The van der Waals surface area contributed by atoms with E-state index in [1.807, 2.05) is 48.5 Å². The molecule has 1 aliphatic rings. The van der Waals surface area contributed by atoms with Crippen molar-refractivity contribution in [2.75, 3.05) is 17.2 Å². The molecule has 2 N–H and O–H groups in total. The van der Waals surface area contributed by atoms with Gasteiger partial charge in [0, 0.05) is 18.7 Å². The van der Waals surface area contributed by atoms with E-state index in [0.29, 0.717) is 18.7 Å². The molecule has 2 aromatic rings. The van der Waals surface area contributed by atoms with E-state index in [4.69, 9.17) is 10.5 Å². The van der Waals surface area contributed by atoms with Gasteiger partial charge in [-0.2, -0.15) is 0 Å². The van der Waals surface area contributed by atoms with Crippen molar-refractivity contribution in [1.82, 2.24) is 0 Å². The molecular formula is C18H18N2O2. The number of fused-ring (bicyclic) bond motifs is 1. The molecule has 1 atom stereocenters. The maximum absolute atomic E-state index is 12.7. The van der Waals surface area contributed by atoms with Crippen LogP contribution in [-0.4, -0.2) is 18.6 Å². The molecule has 0 radical (unpaired) electrons. The SMILES string of the molecule is C=CCN1C(=O)C(Cc2cccc(N)c2)Oc2ccccc21. The minimum Gasteiger partial charge on any atom is -0.478 e. The third-order valence-electron chi connectivity index (χ3n) is 3.65. The van der Waals surface area contributed by atoms with Crippen LogP contribution < -0.4 is 15.4 Å². The fraction of sp³-hybridized carbons (Fsp3) is 0.167. The number of hydrogen-bond donors (Lipinski definition) is 1. The molecule has 22 heavy (non-hydrogen) atoms. The molecule has 4 heteroatoms. The van der Waals surface area contributed by atoms with Crippen LogP contribution in [0.2, 0.25) is 0 Å². The van der Waals surface area contributed by atoms with Gasteiger partial charge in [0.05, 0.1) is 5.69 Å². The Labute approximate surface area is 129 Å². The minimum atomic E-state index is -0.545. The van der Waals surface area contributed by atoms with Crippen LogP contribution >= 0.6 is 0 Å². The zero-order valence-corrected chi connectivity index (χ0v) is 12.2. The van der Waals surface area contributed by atoms with Gasteiger partial charge in [0.15, 0.2) is 6.10 Å². The number of anilines is 2. The number of para-hydroxylation sites is 2. The molecule has 0 spiro atoms. The highest BCUT2D eigenvalue weighted by molar-refractivity contribution is 6.00. The van der Waals surface area contributed by atoms with Gasteiger partial charge < -0.3 is 15.4 Å². The third kappa shape index (κ3) is 2.68. The molecule has 1 heterocycles. The number of benzene rings is 2. The monoisotopic (exact) mass is 294 g/mol. The second-order valence-electron chi connectivity index (χ2n) is 5.26. The predicted octanol–water partition coefficient (Wildman–Crippen LogP) is 2.79. The molecule has 3 rings (SSSR count). The van der Waals surface area contributed by atoms with Crippen molar-refractivity contribution in [3.63, 3.8) is 0 Å². The summed E-state index contributed by atoms with van der Waals surface area (Å²) in [6.45, 7) is 4.20. The van der Waals surface area contributed by atoms with E-state index in [1.165, 1.54) is 0 Å². The average Bonchev–Trinajstić information content (AvgIpc) is 2.51. The smallest absolute Gasteiger partial charge is 0.268 e. The lowest BCUT2D eigenvalue weighted by atomic mass is 10.0. The van der Waals surface area contributed by atoms with Crippen molar-refractivity contribution in [1.29, 1.82) is 0 Å². The number of carbonyl (C=O) groups excluding carboxylic acids is 1. The van der Waals surface area contributed by atoms with Crippen LogP contribution in [0.25, 0.3) is 0 Å². The molecule has 0 bridgehead atoms. The summed E-state index contributed by atoms with van der Waals surface area (Å²) in [6.07, 6.45) is 1.67. The van der Waals surface area contributed by atoms with Gasteiger partial charge >= 0.3 is 0 Å². The van der Waals surface area contributed by atoms with Crippen LogP contribution in [-0.2, 0) is 11.2 Å². The molecule has 0 fully saturated rings. The quantitative estimate of drug-likeness (QED) is 0.697. The molecule has 0 saturated carbocycles. The number of nitrogens with two attached hydrogens (primary N) is 1. The van der Waals surface area contributed by atoms with Gasteiger partial charge in [0.2, 0.25) is 0 Å². The molecular weight excluding hydrogens is 276 g/mol. The molecule has 1 amide bonds. The van der Waals surface area contributed by atoms with Crippen LogP contribution in [0.4, 0.5) is 11.4 Å². The summed E-state index contributed by atoms with van der Waals surface area (Å²) in [5.74, 6) is 0.666. The van der Waals surface area contributed by atoms with E-state index in [2.05, 4.69) is 6.58 Å². The van der Waals surface area contributed by atoms with E-state index >= 15 is 0 Å². The first-order chi connectivity index (χ1) is 10.7. The molecule has 1 unspecified atom stereocenters. The maximum atomic E-state index is 12.7. The highest BCUT2D eigenvalue weighted by atomic mass is 16.5. The summed E-state index contributed by atoms with van der Waals surface area (Å²) < 4.78 is 5.90. The lowest BCUT2D eigenvalue weighted by Gasteiger charge is -2.33. The van der Waals surface area contributed by atoms with Gasteiger partial charge in [-0.15, -0.1) is 6.58 Å². The van der Waals surface area contributed by atoms with E-state index in [9.17, 15) is 4.79 Å². The topological polar surface area (TPSA) is 55.6 Å². The Bertz CT molecular complexity index is 712. The number of nitrogens with zero attached hydrogens (tertiary/aromatic N) is 1. The second-order valence-corrected chi connectivity index (χ2v) is 5.26. The zero-order valence-electron chi connectivity index (χ0n) is 12.2. The van der Waals surface area contributed by atoms with Gasteiger partial charge in [-0.3, -0.25) is 4.79 Å². The summed E-state index contributed by atoms with van der Waals surface area (Å²) >= 11 is 0. The lowest BCUT2D eigenvalue weighted by Crippen LogP contribution is -2.47. The van der Waals surface area contributed by atoms with Crippen molar-refractivity contribution < 1.29 is 9.53 Å². The van der Waals surface area contributed by atoms with Gasteiger partial charge in [0.1, 0.15) is 5.75 Å². The molecule has 2 aromatic carbocycles. The van der Waals surface area contributed by atoms with E-state index in [1.54, 1.807) is 11.0 Å². The number of amides is 1. The number of nitrogen functional groups attached to an aromatic ring is 1. The van der Waals surface area contributed by atoms with Crippen molar-refractivity contribution >= 4 is 17.3 Å². The summed E-state index contributed by atoms with van der Waals surface area (Å²) in [7, 11) is 0. The van der Waals surface area contributed by atoms with Crippen molar-refractivity contribution in [3.05, 3.63) is 66.7 Å². The number of carbonyl (C=O) groups is 1. The van der Waals surface area contributed by atoms with Gasteiger partial charge in [-0.1, -0.05) is 30.3 Å². The summed E-state index contributed by atoms with van der Waals surface area (Å²) in [5, 5.41) is 0. The van der Waals surface area contributed by atoms with Crippen LogP contribution in [0.15, 0.2) is 61.2 Å². The standard InChI is InChI=1S/C18H18N2O2/c1-2-10-20-15-8-3-4-9-16(15)22-17(18(20)21)12-13-6-5-7-14(19)11-13/h2-9,11,17H,1,10,12,19H2. The van der Waals surface area contributed by atoms with Crippen LogP contribution in [0.5, 0.6) is 5.75 Å². The van der Waals surface area contributed by atoms with Gasteiger partial charge in [-0.05, 0) is 29.8 Å². The zero-order chi connectivity index (χ0) is 15.5. The van der Waals surface area contributed by atoms with Gasteiger partial charge in [-0.25, -0.2) is 0 Å². The summed E-state index contributed by atoms with van der Waals surface area (Å²) in [6, 6.07) is 15.1. The highest BCUT2D eigenvalue weighted by Crippen LogP contribution is 2.34. The van der Waals surface area contributed by atoms with Crippen LogP contribution in [0.1, 0.15) is 5.56 Å². The molecule has 112 valence electrons. The average molecular weight is 294 g/mol. The third-order valence-corrected chi connectivity index (χ3v) is 3.65. The summed E-state index contributed by atoms with van der Waals surface area (Å²) in [5.41, 5.74) is 8.26. The van der Waals surface area contributed by atoms with Crippen LogP contribution in [0, 0.1) is 0 Å². The normalized spacial score (nSPS) is 16.8. The van der Waals surface area contributed by atoms with E-state index in [0.717, 1.165) is 17.0 Å². The first kappa shape index (κ1) is 14.2. The molecule has 1 aliphatic heterocycles. The predicted molar refractivity (Wildman–Crippen MR) is 88.0 cm³/mol. The Morgan fingerprint density at radius 3 is 2.82 bits per heavy atom. The largest absolute Gasteiger partial charge is 0.478 e. The second kappa shape index (κ2) is 5.93. The van der Waals surface area contributed by atoms with Crippen molar-refractivity contribution in [2.24, 2.45) is 0 Å². The first-order valence-corrected chi connectivity index (χ1v) is 7.21. The Morgan fingerprint density at radius 1 is 1.23 bits per heavy atom. The van der Waals surface area contributed by atoms with Gasteiger partial charge in [0.25, 0.3) is 5.91 Å².